The van der Waals surface area contributed by atoms with E-state index in [4.69, 9.17) is 0 Å². The van der Waals surface area contributed by atoms with Gasteiger partial charge in [0.1, 0.15) is 17.6 Å². The van der Waals surface area contributed by atoms with E-state index in [2.05, 4.69) is 10.3 Å². The van der Waals surface area contributed by atoms with Crippen molar-refractivity contribution in [2.24, 2.45) is 5.92 Å². The zero-order valence-corrected chi connectivity index (χ0v) is 19.3. The van der Waals surface area contributed by atoms with Gasteiger partial charge in [0.05, 0.1) is 17.4 Å². The molecule has 0 saturated carbocycles. The standard InChI is InChI=1S/C22H22F4N4O3S/c1-13(2)8-19-16(17(6-7-28-19)22(24,25)26)4-5-20(31)29-12-14-9-15(11-27)21(18(23)10-14)30-34(3,32)33/h4-7,9-10,13,30H,8,12H2,1-3H3,(H,29,31). The van der Waals surface area contributed by atoms with E-state index in [1.165, 1.54) is 6.07 Å². The number of pyridine rings is 1. The van der Waals surface area contributed by atoms with Gasteiger partial charge in [0.2, 0.25) is 15.9 Å². The van der Waals surface area contributed by atoms with Crippen LogP contribution in [0.25, 0.3) is 6.08 Å². The molecule has 2 rings (SSSR count). The van der Waals surface area contributed by atoms with Crippen molar-refractivity contribution in [1.29, 1.82) is 5.26 Å². The van der Waals surface area contributed by atoms with Gasteiger partial charge in [-0.2, -0.15) is 18.4 Å². The normalized spacial score (nSPS) is 12.1. The van der Waals surface area contributed by atoms with Gasteiger partial charge < -0.3 is 5.32 Å². The molecule has 12 heteroatoms. The molecule has 0 spiro atoms. The molecule has 0 aliphatic heterocycles. The molecule has 1 aromatic carbocycles. The van der Waals surface area contributed by atoms with E-state index in [-0.39, 0.29) is 41.3 Å². The molecule has 0 fully saturated rings. The highest BCUT2D eigenvalue weighted by Gasteiger charge is 2.34. The van der Waals surface area contributed by atoms with E-state index in [1.807, 2.05) is 18.6 Å². The Morgan fingerprint density at radius 3 is 2.53 bits per heavy atom. The van der Waals surface area contributed by atoms with Crippen molar-refractivity contribution in [3.05, 3.63) is 64.2 Å². The zero-order chi connectivity index (χ0) is 25.7. The van der Waals surface area contributed by atoms with Crippen LogP contribution in [0.5, 0.6) is 0 Å². The van der Waals surface area contributed by atoms with Crippen LogP contribution in [0.4, 0.5) is 23.2 Å². The molecule has 0 bridgehead atoms. The SMILES string of the molecule is CC(C)Cc1nccc(C(F)(F)F)c1C=CC(=O)NCc1cc(F)c(NS(C)(=O)=O)c(C#N)c1. The van der Waals surface area contributed by atoms with Crippen LogP contribution in [0.15, 0.2) is 30.5 Å². The Hall–Kier alpha value is -3.46. The minimum Gasteiger partial charge on any atom is -0.348 e. The first-order valence-corrected chi connectivity index (χ1v) is 11.8. The van der Waals surface area contributed by atoms with Crippen molar-refractivity contribution in [2.45, 2.75) is 33.0 Å². The van der Waals surface area contributed by atoms with Crippen molar-refractivity contribution in [2.75, 3.05) is 11.0 Å². The minimum absolute atomic E-state index is 0.0290. The van der Waals surface area contributed by atoms with Gasteiger partial charge >= 0.3 is 6.18 Å². The number of halogens is 4. The molecular formula is C22H22F4N4O3S. The van der Waals surface area contributed by atoms with E-state index < -0.39 is 39.2 Å². The van der Waals surface area contributed by atoms with Gasteiger partial charge in [0.25, 0.3) is 0 Å². The number of rotatable bonds is 8. The topological polar surface area (TPSA) is 112 Å². The lowest BCUT2D eigenvalue weighted by atomic mass is 9.98. The van der Waals surface area contributed by atoms with Gasteiger partial charge in [-0.05, 0) is 42.2 Å². The summed E-state index contributed by atoms with van der Waals surface area (Å²) in [7, 11) is -3.84. The molecular weight excluding hydrogens is 476 g/mol. The zero-order valence-electron chi connectivity index (χ0n) is 18.5. The summed E-state index contributed by atoms with van der Waals surface area (Å²) in [5.41, 5.74) is -1.61. The molecule has 0 aliphatic carbocycles. The molecule has 2 aromatic rings. The lowest BCUT2D eigenvalue weighted by molar-refractivity contribution is -0.137. The fourth-order valence-electron chi connectivity index (χ4n) is 3.05. The van der Waals surface area contributed by atoms with Gasteiger partial charge in [-0.3, -0.25) is 14.5 Å². The molecule has 0 unspecified atom stereocenters. The van der Waals surface area contributed by atoms with E-state index in [0.29, 0.717) is 0 Å². The number of anilines is 1. The predicted molar refractivity (Wildman–Crippen MR) is 118 cm³/mol. The molecule has 1 amide bonds. The summed E-state index contributed by atoms with van der Waals surface area (Å²) in [5, 5.41) is 11.6. The number of sulfonamides is 1. The third-order valence-corrected chi connectivity index (χ3v) is 4.98. The van der Waals surface area contributed by atoms with E-state index in [1.54, 1.807) is 6.07 Å². The van der Waals surface area contributed by atoms with Crippen LogP contribution in [-0.2, 0) is 34.0 Å². The third-order valence-electron chi connectivity index (χ3n) is 4.41. The fourth-order valence-corrected chi connectivity index (χ4v) is 3.63. The summed E-state index contributed by atoms with van der Waals surface area (Å²) >= 11 is 0. The first-order valence-electron chi connectivity index (χ1n) is 9.92. The number of nitrogens with one attached hydrogen (secondary N) is 2. The van der Waals surface area contributed by atoms with E-state index in [9.17, 15) is 36.0 Å². The highest BCUT2D eigenvalue weighted by molar-refractivity contribution is 7.92. The number of carbonyl (C=O) groups is 1. The second-order valence-corrected chi connectivity index (χ2v) is 9.60. The molecule has 0 atom stereocenters. The Morgan fingerprint density at radius 2 is 1.97 bits per heavy atom. The van der Waals surface area contributed by atoms with Crippen molar-refractivity contribution >= 4 is 27.7 Å². The summed E-state index contributed by atoms with van der Waals surface area (Å²) in [5.74, 6) is -1.75. The molecule has 0 aliphatic rings. The number of amides is 1. The van der Waals surface area contributed by atoms with Crippen molar-refractivity contribution < 1.29 is 30.8 Å². The third kappa shape index (κ3) is 7.55. The quantitative estimate of drug-likeness (QED) is 0.422. The number of nitrogens with zero attached hydrogens (tertiary/aromatic N) is 2. The lowest BCUT2D eigenvalue weighted by Gasteiger charge is -2.15. The molecule has 1 heterocycles. The van der Waals surface area contributed by atoms with Gasteiger partial charge in [0.15, 0.2) is 0 Å². The Bertz CT molecular complexity index is 1250. The molecule has 0 saturated heterocycles. The van der Waals surface area contributed by atoms with Crippen LogP contribution in [0, 0.1) is 23.1 Å². The predicted octanol–water partition coefficient (Wildman–Crippen LogP) is 4.01. The molecule has 34 heavy (non-hydrogen) atoms. The van der Waals surface area contributed by atoms with Crippen LogP contribution in [0.3, 0.4) is 0 Å². The number of nitriles is 1. The van der Waals surface area contributed by atoms with Crippen molar-refractivity contribution in [3.8, 4) is 6.07 Å². The average Bonchev–Trinajstić information content (AvgIpc) is 2.70. The Morgan fingerprint density at radius 1 is 1.29 bits per heavy atom. The lowest BCUT2D eigenvalue weighted by Crippen LogP contribution is -2.21. The summed E-state index contributed by atoms with van der Waals surface area (Å²) in [6.07, 6.45) is -0.553. The highest BCUT2D eigenvalue weighted by Crippen LogP contribution is 2.34. The first kappa shape index (κ1) is 26.8. The average molecular weight is 499 g/mol. The summed E-state index contributed by atoms with van der Waals surface area (Å²) < 4.78 is 79.2. The van der Waals surface area contributed by atoms with Gasteiger partial charge in [-0.15, -0.1) is 0 Å². The second kappa shape index (κ2) is 10.6. The van der Waals surface area contributed by atoms with Crippen LogP contribution in [0.2, 0.25) is 0 Å². The molecule has 182 valence electrons. The van der Waals surface area contributed by atoms with Crippen molar-refractivity contribution in [1.82, 2.24) is 10.3 Å². The smallest absolute Gasteiger partial charge is 0.348 e. The Kier molecular flexibility index (Phi) is 8.39. The fraction of sp³-hybridized carbons (Fsp3) is 0.318. The van der Waals surface area contributed by atoms with Crippen LogP contribution >= 0.6 is 0 Å². The molecule has 1 aromatic heterocycles. The van der Waals surface area contributed by atoms with Gasteiger partial charge in [0, 0.05) is 30.1 Å². The second-order valence-electron chi connectivity index (χ2n) is 7.85. The number of carbonyl (C=O) groups excluding carboxylic acids is 1. The number of hydrogen-bond acceptors (Lipinski definition) is 5. The summed E-state index contributed by atoms with van der Waals surface area (Å²) in [6, 6.07) is 4.62. The number of alkyl halides is 3. The van der Waals surface area contributed by atoms with E-state index in [0.717, 1.165) is 36.7 Å². The molecule has 2 N–H and O–H groups in total. The number of aromatic nitrogens is 1. The van der Waals surface area contributed by atoms with Gasteiger partial charge in [-0.1, -0.05) is 13.8 Å². The Balaban J connectivity index is 2.24. The van der Waals surface area contributed by atoms with E-state index >= 15 is 0 Å². The Labute approximate surface area is 194 Å². The minimum atomic E-state index is -4.64. The van der Waals surface area contributed by atoms with Crippen LogP contribution < -0.4 is 10.0 Å². The molecule has 0 radical (unpaired) electrons. The number of hydrogen-bond donors (Lipinski definition) is 2. The maximum absolute atomic E-state index is 14.3. The first-order chi connectivity index (χ1) is 15.7. The van der Waals surface area contributed by atoms with Gasteiger partial charge in [-0.25, -0.2) is 12.8 Å². The van der Waals surface area contributed by atoms with Crippen molar-refractivity contribution in [3.63, 3.8) is 0 Å². The maximum Gasteiger partial charge on any atom is 0.417 e. The summed E-state index contributed by atoms with van der Waals surface area (Å²) in [4.78, 5) is 16.3. The monoisotopic (exact) mass is 498 g/mol. The number of benzene rings is 1. The van der Waals surface area contributed by atoms with Crippen LogP contribution in [-0.4, -0.2) is 25.6 Å². The highest BCUT2D eigenvalue weighted by atomic mass is 32.2. The van der Waals surface area contributed by atoms with Crippen LogP contribution in [0.1, 0.15) is 41.8 Å². The molecule has 7 nitrogen and oxygen atoms in total. The maximum atomic E-state index is 14.3. The summed E-state index contributed by atoms with van der Waals surface area (Å²) in [6.45, 7) is 3.40. The largest absolute Gasteiger partial charge is 0.417 e.